The molecule has 3 nitrogen and oxygen atoms in total. The molecule has 3 heteroatoms. The molecule has 0 saturated heterocycles. The SMILES string of the molecule is COc1cc2[nH]c3cc(OC)c4cccc5c6cccc1c6c2c3c45. The molecule has 0 unspecified atom stereocenters. The zero-order chi connectivity index (χ0) is 16.7. The molecule has 120 valence electrons. The van der Waals surface area contributed by atoms with Gasteiger partial charge in [0.25, 0.3) is 0 Å². The average Bonchev–Trinajstić information content (AvgIpc) is 3.04. The number of rotatable bonds is 2. The van der Waals surface area contributed by atoms with Crippen LogP contribution in [-0.2, 0) is 0 Å². The molecule has 0 amide bonds. The molecule has 0 atom stereocenters. The fourth-order valence-corrected chi connectivity index (χ4v) is 4.53. The van der Waals surface area contributed by atoms with Crippen LogP contribution in [0.3, 0.4) is 0 Å². The predicted octanol–water partition coefficient (Wildman–Crippen LogP) is 5.67. The van der Waals surface area contributed by atoms with Crippen LogP contribution >= 0.6 is 0 Å². The zero-order valence-corrected chi connectivity index (χ0v) is 13.9. The quantitative estimate of drug-likeness (QED) is 0.328. The van der Waals surface area contributed by atoms with Crippen molar-refractivity contribution in [2.24, 2.45) is 0 Å². The lowest BCUT2D eigenvalue weighted by Gasteiger charge is -2.15. The van der Waals surface area contributed by atoms with E-state index in [0.29, 0.717) is 0 Å². The third-order valence-corrected chi connectivity index (χ3v) is 5.50. The number of hydrogen-bond donors (Lipinski definition) is 1. The van der Waals surface area contributed by atoms with Crippen LogP contribution in [0, 0.1) is 0 Å². The molecule has 6 rings (SSSR count). The van der Waals surface area contributed by atoms with Gasteiger partial charge in [-0.25, -0.2) is 0 Å². The van der Waals surface area contributed by atoms with E-state index in [0.717, 1.165) is 33.3 Å². The molecule has 0 spiro atoms. The Bertz CT molecular complexity index is 1300. The summed E-state index contributed by atoms with van der Waals surface area (Å²) >= 11 is 0. The lowest BCUT2D eigenvalue weighted by Crippen LogP contribution is -1.91. The Hall–Kier alpha value is -3.20. The number of hydrogen-bond acceptors (Lipinski definition) is 2. The highest BCUT2D eigenvalue weighted by Crippen LogP contribution is 2.48. The van der Waals surface area contributed by atoms with Gasteiger partial charge in [0.2, 0.25) is 0 Å². The second-order valence-electron chi connectivity index (χ2n) is 6.58. The Labute approximate surface area is 143 Å². The highest BCUT2D eigenvalue weighted by atomic mass is 16.5. The van der Waals surface area contributed by atoms with Crippen LogP contribution in [0.4, 0.5) is 0 Å². The third-order valence-electron chi connectivity index (χ3n) is 5.50. The van der Waals surface area contributed by atoms with Crippen LogP contribution < -0.4 is 9.47 Å². The van der Waals surface area contributed by atoms with Crippen molar-refractivity contribution in [1.29, 1.82) is 0 Å². The minimum absolute atomic E-state index is 0.901. The Morgan fingerprint density at radius 3 is 1.48 bits per heavy atom. The minimum Gasteiger partial charge on any atom is -0.496 e. The maximum absolute atomic E-state index is 5.68. The van der Waals surface area contributed by atoms with Gasteiger partial charge in [-0.05, 0) is 10.8 Å². The summed E-state index contributed by atoms with van der Waals surface area (Å²) in [5.41, 5.74) is 2.21. The number of H-pyrrole nitrogens is 1. The number of methoxy groups -OCH3 is 2. The van der Waals surface area contributed by atoms with Gasteiger partial charge in [-0.1, -0.05) is 36.4 Å². The number of nitrogens with one attached hydrogen (secondary N) is 1. The largest absolute Gasteiger partial charge is 0.496 e. The van der Waals surface area contributed by atoms with Crippen LogP contribution in [0.5, 0.6) is 11.5 Å². The van der Waals surface area contributed by atoms with Crippen LogP contribution in [0.15, 0.2) is 48.5 Å². The van der Waals surface area contributed by atoms with Crippen molar-refractivity contribution < 1.29 is 9.47 Å². The first kappa shape index (κ1) is 13.1. The normalized spacial score (nSPS) is 12.4. The summed E-state index contributed by atoms with van der Waals surface area (Å²) in [6.07, 6.45) is 0. The number of ether oxygens (including phenoxy) is 2. The molecular formula is C22H15NO2. The van der Waals surface area contributed by atoms with Crippen molar-refractivity contribution in [2.45, 2.75) is 0 Å². The summed E-state index contributed by atoms with van der Waals surface area (Å²) in [4.78, 5) is 3.58. The van der Waals surface area contributed by atoms with Crippen LogP contribution in [0.1, 0.15) is 0 Å². The van der Waals surface area contributed by atoms with Crippen molar-refractivity contribution in [2.75, 3.05) is 14.2 Å². The number of aromatic nitrogens is 1. The van der Waals surface area contributed by atoms with Crippen LogP contribution in [-0.4, -0.2) is 19.2 Å². The van der Waals surface area contributed by atoms with Crippen molar-refractivity contribution in [3.05, 3.63) is 48.5 Å². The van der Waals surface area contributed by atoms with Gasteiger partial charge < -0.3 is 14.5 Å². The van der Waals surface area contributed by atoms with Gasteiger partial charge in [0, 0.05) is 44.5 Å². The van der Waals surface area contributed by atoms with E-state index >= 15 is 0 Å². The average molecular weight is 325 g/mol. The highest BCUT2D eigenvalue weighted by Gasteiger charge is 2.22. The molecule has 6 aromatic rings. The molecule has 0 bridgehead atoms. The van der Waals surface area contributed by atoms with Gasteiger partial charge in [-0.15, -0.1) is 0 Å². The summed E-state index contributed by atoms with van der Waals surface area (Å²) < 4.78 is 11.4. The fourth-order valence-electron chi connectivity index (χ4n) is 4.53. The zero-order valence-electron chi connectivity index (χ0n) is 13.9. The fraction of sp³-hybridized carbons (Fsp3) is 0.0909. The Morgan fingerprint density at radius 1 is 0.600 bits per heavy atom. The summed E-state index contributed by atoms with van der Waals surface area (Å²) in [5.74, 6) is 1.80. The number of benzene rings is 5. The molecule has 0 aliphatic rings. The van der Waals surface area contributed by atoms with Crippen molar-refractivity contribution >= 4 is 54.1 Å². The van der Waals surface area contributed by atoms with E-state index in [4.69, 9.17) is 9.47 Å². The first-order valence-corrected chi connectivity index (χ1v) is 8.37. The number of aromatic amines is 1. The molecular weight excluding hydrogens is 310 g/mol. The first-order chi connectivity index (χ1) is 12.3. The van der Waals surface area contributed by atoms with Gasteiger partial charge >= 0.3 is 0 Å². The molecule has 1 aromatic heterocycles. The van der Waals surface area contributed by atoms with Gasteiger partial charge in [0.15, 0.2) is 0 Å². The predicted molar refractivity (Wildman–Crippen MR) is 104 cm³/mol. The van der Waals surface area contributed by atoms with Crippen LogP contribution in [0.25, 0.3) is 54.1 Å². The minimum atomic E-state index is 0.901. The van der Waals surface area contributed by atoms with Gasteiger partial charge in [0.1, 0.15) is 11.5 Å². The maximum Gasteiger partial charge on any atom is 0.128 e. The molecule has 0 aliphatic heterocycles. The highest BCUT2D eigenvalue weighted by molar-refractivity contribution is 6.40. The summed E-state index contributed by atoms with van der Waals surface area (Å²) in [5, 5.41) is 9.95. The summed E-state index contributed by atoms with van der Waals surface area (Å²) in [7, 11) is 3.47. The van der Waals surface area contributed by atoms with E-state index in [2.05, 4.69) is 53.5 Å². The van der Waals surface area contributed by atoms with Crippen molar-refractivity contribution in [3.8, 4) is 11.5 Å². The summed E-state index contributed by atoms with van der Waals surface area (Å²) in [6.45, 7) is 0. The molecule has 0 aliphatic carbocycles. The standard InChI is InChI=1S/C22H15NO2/c1-24-17-9-15-21-19-11(5-3-7-13(17)19)12-6-4-8-14-18(25-2)10-16(23-15)22(21)20(12)14/h3-10,23H,1-2H3. The monoisotopic (exact) mass is 325 g/mol. The van der Waals surface area contributed by atoms with E-state index in [1.165, 1.54) is 32.3 Å². The molecule has 1 N–H and O–H groups in total. The van der Waals surface area contributed by atoms with Gasteiger partial charge in [-0.2, -0.15) is 0 Å². The van der Waals surface area contributed by atoms with E-state index in [-0.39, 0.29) is 0 Å². The second-order valence-corrected chi connectivity index (χ2v) is 6.58. The lowest BCUT2D eigenvalue weighted by molar-refractivity contribution is 0.420. The second kappa shape index (κ2) is 4.25. The van der Waals surface area contributed by atoms with Crippen LogP contribution in [0.2, 0.25) is 0 Å². The smallest absolute Gasteiger partial charge is 0.128 e. The topological polar surface area (TPSA) is 34.2 Å². The Balaban J connectivity index is 2.09. The summed E-state index contributed by atoms with van der Waals surface area (Å²) in [6, 6.07) is 17.1. The Morgan fingerprint density at radius 2 is 1.04 bits per heavy atom. The van der Waals surface area contributed by atoms with E-state index in [9.17, 15) is 0 Å². The number of fused-ring (bicyclic) bond motifs is 1. The molecule has 5 aromatic carbocycles. The van der Waals surface area contributed by atoms with E-state index in [1.807, 2.05) is 0 Å². The van der Waals surface area contributed by atoms with Gasteiger partial charge in [-0.3, -0.25) is 0 Å². The molecule has 25 heavy (non-hydrogen) atoms. The molecule has 0 radical (unpaired) electrons. The van der Waals surface area contributed by atoms with Gasteiger partial charge in [0.05, 0.1) is 25.3 Å². The third kappa shape index (κ3) is 1.39. The van der Waals surface area contributed by atoms with E-state index in [1.54, 1.807) is 14.2 Å². The Kier molecular flexibility index (Phi) is 2.23. The van der Waals surface area contributed by atoms with E-state index < -0.39 is 0 Å². The van der Waals surface area contributed by atoms with Crippen molar-refractivity contribution in [1.82, 2.24) is 4.98 Å². The molecule has 1 heterocycles. The molecule has 0 saturated carbocycles. The lowest BCUT2D eigenvalue weighted by atomic mass is 9.89. The molecule has 0 fully saturated rings. The maximum atomic E-state index is 5.68. The van der Waals surface area contributed by atoms with Crippen molar-refractivity contribution in [3.63, 3.8) is 0 Å². The first-order valence-electron chi connectivity index (χ1n) is 8.37.